The summed E-state index contributed by atoms with van der Waals surface area (Å²) in [6.45, 7) is 10.7. The topological polar surface area (TPSA) is 52.6 Å². The first kappa shape index (κ1) is 16.4. The van der Waals surface area contributed by atoms with E-state index in [1.165, 1.54) is 0 Å². The van der Waals surface area contributed by atoms with E-state index in [4.69, 9.17) is 9.47 Å². The van der Waals surface area contributed by atoms with E-state index in [0.29, 0.717) is 0 Å². The van der Waals surface area contributed by atoms with Gasteiger partial charge in [0, 0.05) is 0 Å². The molecule has 1 atom stereocenters. The van der Waals surface area contributed by atoms with Crippen molar-refractivity contribution in [2.75, 3.05) is 0 Å². The van der Waals surface area contributed by atoms with Gasteiger partial charge in [-0.1, -0.05) is 15.9 Å². The molecule has 0 aliphatic heterocycles. The van der Waals surface area contributed by atoms with Crippen LogP contribution in [0.15, 0.2) is 0 Å². The van der Waals surface area contributed by atoms with E-state index in [1.54, 1.807) is 41.5 Å². The molecule has 4 nitrogen and oxygen atoms in total. The summed E-state index contributed by atoms with van der Waals surface area (Å²) in [6.07, 6.45) is -0.0355. The van der Waals surface area contributed by atoms with Crippen LogP contribution in [0.25, 0.3) is 0 Å². The Balaban J connectivity index is 4.22. The molecule has 5 heteroatoms. The van der Waals surface area contributed by atoms with Crippen LogP contribution in [-0.2, 0) is 19.1 Å². The number of alkyl halides is 1. The Hall–Kier alpha value is -0.580. The van der Waals surface area contributed by atoms with Gasteiger partial charge in [-0.2, -0.15) is 0 Å². The molecule has 17 heavy (non-hydrogen) atoms. The number of halogens is 1. The van der Waals surface area contributed by atoms with Crippen LogP contribution in [0.2, 0.25) is 0 Å². The lowest BCUT2D eigenvalue weighted by Crippen LogP contribution is -2.32. The number of carbonyl (C=O) groups excluding carboxylic acids is 2. The third-order valence-corrected chi connectivity index (χ3v) is 2.13. The zero-order valence-electron chi connectivity index (χ0n) is 11.3. The van der Waals surface area contributed by atoms with Crippen LogP contribution < -0.4 is 0 Å². The molecule has 0 aromatic heterocycles. The van der Waals surface area contributed by atoms with Crippen molar-refractivity contribution in [1.82, 2.24) is 0 Å². The fourth-order valence-corrected chi connectivity index (χ4v) is 1.34. The van der Waals surface area contributed by atoms with Crippen LogP contribution in [0.4, 0.5) is 0 Å². The predicted octanol–water partition coefficient (Wildman–Crippen LogP) is 2.82. The Morgan fingerprint density at radius 1 is 1.00 bits per heavy atom. The highest BCUT2D eigenvalue weighted by atomic mass is 79.9. The molecule has 0 rings (SSSR count). The molecule has 0 amide bonds. The fraction of sp³-hybridized carbons (Fsp3) is 0.833. The van der Waals surface area contributed by atoms with E-state index >= 15 is 0 Å². The summed E-state index contributed by atoms with van der Waals surface area (Å²) in [7, 11) is 0. The van der Waals surface area contributed by atoms with E-state index in [0.717, 1.165) is 0 Å². The fourth-order valence-electron chi connectivity index (χ4n) is 0.979. The zero-order chi connectivity index (χ0) is 13.9. The second kappa shape index (κ2) is 5.85. The molecular formula is C12H21BrO4. The van der Waals surface area contributed by atoms with E-state index < -0.39 is 28.0 Å². The standard InChI is InChI=1S/C12H21BrO4/c1-11(2,3)16-9(14)7-8(13)10(15)17-12(4,5)6/h8H,7H2,1-6H3. The molecule has 0 saturated heterocycles. The number of hydrogen-bond donors (Lipinski definition) is 0. The summed E-state index contributed by atoms with van der Waals surface area (Å²) >= 11 is 3.13. The van der Waals surface area contributed by atoms with Gasteiger partial charge in [0.15, 0.2) is 0 Å². The lowest BCUT2D eigenvalue weighted by molar-refractivity contribution is -0.161. The maximum Gasteiger partial charge on any atom is 0.320 e. The van der Waals surface area contributed by atoms with Crippen molar-refractivity contribution >= 4 is 27.9 Å². The summed E-state index contributed by atoms with van der Waals surface area (Å²) in [5, 5.41) is 0. The monoisotopic (exact) mass is 308 g/mol. The highest BCUT2D eigenvalue weighted by molar-refractivity contribution is 9.10. The van der Waals surface area contributed by atoms with Crippen molar-refractivity contribution in [1.29, 1.82) is 0 Å². The van der Waals surface area contributed by atoms with Crippen molar-refractivity contribution in [3.05, 3.63) is 0 Å². The van der Waals surface area contributed by atoms with Crippen molar-refractivity contribution in [2.45, 2.75) is 64.0 Å². The van der Waals surface area contributed by atoms with Gasteiger partial charge >= 0.3 is 11.9 Å². The highest BCUT2D eigenvalue weighted by Gasteiger charge is 2.27. The van der Waals surface area contributed by atoms with Gasteiger partial charge in [-0.3, -0.25) is 9.59 Å². The second-order valence-electron chi connectivity index (χ2n) is 5.79. The SMILES string of the molecule is CC(C)(C)OC(=O)CC(Br)C(=O)OC(C)(C)C. The third-order valence-electron chi connectivity index (χ3n) is 1.43. The molecule has 0 fully saturated rings. The van der Waals surface area contributed by atoms with Crippen LogP contribution in [0.5, 0.6) is 0 Å². The Kier molecular flexibility index (Phi) is 5.65. The van der Waals surface area contributed by atoms with Gasteiger partial charge in [-0.05, 0) is 41.5 Å². The summed E-state index contributed by atoms with van der Waals surface area (Å²) in [5.41, 5.74) is -1.10. The van der Waals surface area contributed by atoms with E-state index in [1.807, 2.05) is 0 Å². The Bertz CT molecular complexity index is 286. The van der Waals surface area contributed by atoms with Crippen LogP contribution in [-0.4, -0.2) is 28.0 Å². The largest absolute Gasteiger partial charge is 0.460 e. The van der Waals surface area contributed by atoms with Gasteiger partial charge in [0.25, 0.3) is 0 Å². The summed E-state index contributed by atoms with van der Waals surface area (Å²) < 4.78 is 10.2. The van der Waals surface area contributed by atoms with Crippen LogP contribution >= 0.6 is 15.9 Å². The molecule has 0 N–H and O–H groups in total. The van der Waals surface area contributed by atoms with Crippen LogP contribution in [0.1, 0.15) is 48.0 Å². The second-order valence-corrected chi connectivity index (χ2v) is 6.90. The Morgan fingerprint density at radius 2 is 1.41 bits per heavy atom. The molecule has 0 saturated carbocycles. The van der Waals surface area contributed by atoms with Gasteiger partial charge in [-0.25, -0.2) is 0 Å². The zero-order valence-corrected chi connectivity index (χ0v) is 12.9. The molecule has 0 aliphatic rings. The molecule has 0 aliphatic carbocycles. The van der Waals surface area contributed by atoms with Gasteiger partial charge in [0.1, 0.15) is 16.0 Å². The molecule has 0 spiro atoms. The first-order valence-electron chi connectivity index (χ1n) is 5.49. The molecule has 0 bridgehead atoms. The normalized spacial score (nSPS) is 14.1. The van der Waals surface area contributed by atoms with E-state index in [2.05, 4.69) is 15.9 Å². The first-order valence-corrected chi connectivity index (χ1v) is 6.41. The minimum Gasteiger partial charge on any atom is -0.460 e. The molecule has 0 radical (unpaired) electrons. The predicted molar refractivity (Wildman–Crippen MR) is 69.0 cm³/mol. The Morgan fingerprint density at radius 3 is 1.76 bits per heavy atom. The maximum absolute atomic E-state index is 11.6. The maximum atomic E-state index is 11.6. The lowest BCUT2D eigenvalue weighted by atomic mass is 10.2. The number of carbonyl (C=O) groups is 2. The van der Waals surface area contributed by atoms with Crippen molar-refractivity contribution in [3.63, 3.8) is 0 Å². The van der Waals surface area contributed by atoms with Gasteiger partial charge in [0.2, 0.25) is 0 Å². The quantitative estimate of drug-likeness (QED) is 0.594. The number of esters is 2. The number of hydrogen-bond acceptors (Lipinski definition) is 4. The smallest absolute Gasteiger partial charge is 0.320 e. The Labute approximate surface area is 111 Å². The molecule has 100 valence electrons. The average molecular weight is 309 g/mol. The highest BCUT2D eigenvalue weighted by Crippen LogP contribution is 2.17. The van der Waals surface area contributed by atoms with Crippen molar-refractivity contribution in [3.8, 4) is 0 Å². The van der Waals surface area contributed by atoms with Gasteiger partial charge in [0.05, 0.1) is 6.42 Å². The summed E-state index contributed by atoms with van der Waals surface area (Å²) in [5.74, 6) is -0.881. The molecule has 0 aromatic rings. The van der Waals surface area contributed by atoms with Crippen molar-refractivity contribution in [2.24, 2.45) is 0 Å². The summed E-state index contributed by atoms with van der Waals surface area (Å²) in [6, 6.07) is 0. The lowest BCUT2D eigenvalue weighted by Gasteiger charge is -2.23. The van der Waals surface area contributed by atoms with Gasteiger partial charge < -0.3 is 9.47 Å². The summed E-state index contributed by atoms with van der Waals surface area (Å²) in [4.78, 5) is 22.4. The molecule has 1 unspecified atom stereocenters. The van der Waals surface area contributed by atoms with Crippen LogP contribution in [0.3, 0.4) is 0 Å². The molecule has 0 heterocycles. The minimum atomic E-state index is -0.670. The van der Waals surface area contributed by atoms with Crippen LogP contribution in [0, 0.1) is 0 Å². The minimum absolute atomic E-state index is 0.0355. The number of ether oxygens (including phenoxy) is 2. The molecular weight excluding hydrogens is 288 g/mol. The number of rotatable bonds is 3. The van der Waals surface area contributed by atoms with Gasteiger partial charge in [-0.15, -0.1) is 0 Å². The first-order chi connectivity index (χ1) is 7.41. The van der Waals surface area contributed by atoms with Crippen molar-refractivity contribution < 1.29 is 19.1 Å². The average Bonchev–Trinajstić information content (AvgIpc) is 1.95. The third kappa shape index (κ3) is 9.15. The van der Waals surface area contributed by atoms with E-state index in [9.17, 15) is 9.59 Å². The molecule has 0 aromatic carbocycles. The van der Waals surface area contributed by atoms with E-state index in [-0.39, 0.29) is 6.42 Å².